The molecule has 35 heavy (non-hydrogen) atoms. The minimum atomic E-state index is -0.497. The smallest absolute Gasteiger partial charge is 0.307 e. The molecule has 0 N–H and O–H groups in total. The third-order valence-corrected chi connectivity index (χ3v) is 7.13. The van der Waals surface area contributed by atoms with Gasteiger partial charge in [0.05, 0.1) is 6.54 Å². The lowest BCUT2D eigenvalue weighted by Gasteiger charge is -2.29. The van der Waals surface area contributed by atoms with Crippen LogP contribution in [0.2, 0.25) is 0 Å². The predicted octanol–water partition coefficient (Wildman–Crippen LogP) is 8.39. The molecule has 1 heterocycles. The van der Waals surface area contributed by atoms with Crippen LogP contribution < -0.4 is 0 Å². The Morgan fingerprint density at radius 3 is 1.77 bits per heavy atom. The molecule has 0 saturated carbocycles. The number of carbonyl (C=O) groups excluding carboxylic acids is 2. The Morgan fingerprint density at radius 1 is 0.829 bits per heavy atom. The Morgan fingerprint density at radius 2 is 1.29 bits per heavy atom. The molecular formula is C30H56N2O3. The van der Waals surface area contributed by atoms with Gasteiger partial charge >= 0.3 is 5.97 Å². The first-order valence-corrected chi connectivity index (χ1v) is 15.1. The van der Waals surface area contributed by atoms with Crippen LogP contribution in [0.15, 0.2) is 4.99 Å². The molecule has 5 nitrogen and oxygen atoms in total. The molecule has 1 aliphatic heterocycles. The quantitative estimate of drug-likeness (QED) is 0.113. The summed E-state index contributed by atoms with van der Waals surface area (Å²) < 4.78 is 5.51. The normalized spacial score (nSPS) is 15.1. The molecule has 0 spiro atoms. The molecule has 0 aromatic rings. The van der Waals surface area contributed by atoms with Crippen LogP contribution in [0, 0.1) is 0 Å². The molecule has 5 heteroatoms. The second-order valence-electron chi connectivity index (χ2n) is 10.4. The van der Waals surface area contributed by atoms with E-state index in [0.29, 0.717) is 32.4 Å². The minimum Gasteiger partial charge on any atom is -0.442 e. The van der Waals surface area contributed by atoms with Gasteiger partial charge in [0.2, 0.25) is 5.91 Å². The summed E-state index contributed by atoms with van der Waals surface area (Å²) in [5, 5.41) is 0. The molecule has 1 amide bonds. The van der Waals surface area contributed by atoms with Crippen LogP contribution in [-0.4, -0.2) is 42.3 Å². The zero-order valence-corrected chi connectivity index (χ0v) is 23.2. The van der Waals surface area contributed by atoms with Gasteiger partial charge in [0.1, 0.15) is 0 Å². The summed E-state index contributed by atoms with van der Waals surface area (Å²) in [4.78, 5) is 30.2. The summed E-state index contributed by atoms with van der Waals surface area (Å²) in [6, 6.07) is 0. The minimum absolute atomic E-state index is 0.0416. The first kappa shape index (κ1) is 31.6. The van der Waals surface area contributed by atoms with E-state index in [-0.39, 0.29) is 11.9 Å². The number of ether oxygens (including phenoxy) is 1. The van der Waals surface area contributed by atoms with Crippen molar-refractivity contribution in [1.82, 2.24) is 4.90 Å². The van der Waals surface area contributed by atoms with Gasteiger partial charge in [0.15, 0.2) is 6.23 Å². The fourth-order valence-electron chi connectivity index (χ4n) is 4.85. The molecule has 0 bridgehead atoms. The monoisotopic (exact) mass is 492 g/mol. The van der Waals surface area contributed by atoms with E-state index in [9.17, 15) is 9.59 Å². The van der Waals surface area contributed by atoms with E-state index in [2.05, 4.69) is 11.9 Å². The standard InChI is InChI=1S/C30H56N2O3/c1-3-4-5-6-7-8-9-10-11-12-13-14-15-16-17-18-19-20-21-24-30(34)35-28(2)32-27-26-31-25-22-23-29(32)33/h25,28H,3-24,26-27H2,1-2H3. The van der Waals surface area contributed by atoms with Gasteiger partial charge < -0.3 is 9.64 Å². The molecule has 0 aromatic heterocycles. The van der Waals surface area contributed by atoms with E-state index in [1.165, 1.54) is 109 Å². The van der Waals surface area contributed by atoms with Crippen molar-refractivity contribution >= 4 is 18.1 Å². The van der Waals surface area contributed by atoms with Gasteiger partial charge in [-0.2, -0.15) is 0 Å². The number of hydrogen-bond donors (Lipinski definition) is 0. The second kappa shape index (κ2) is 23.0. The number of nitrogens with zero attached hydrogens (tertiary/aromatic N) is 2. The summed E-state index contributed by atoms with van der Waals surface area (Å²) >= 11 is 0. The van der Waals surface area contributed by atoms with Crippen molar-refractivity contribution in [3.05, 3.63) is 0 Å². The lowest BCUT2D eigenvalue weighted by molar-refractivity contribution is -0.163. The lowest BCUT2D eigenvalue weighted by Crippen LogP contribution is -2.43. The molecule has 1 rings (SSSR count). The third kappa shape index (κ3) is 18.5. The predicted molar refractivity (Wildman–Crippen MR) is 148 cm³/mol. The summed E-state index contributed by atoms with van der Waals surface area (Å²) in [6.45, 7) is 5.17. The summed E-state index contributed by atoms with van der Waals surface area (Å²) in [5.74, 6) is -0.150. The van der Waals surface area contributed by atoms with Gasteiger partial charge in [-0.25, -0.2) is 0 Å². The van der Waals surface area contributed by atoms with Crippen molar-refractivity contribution in [1.29, 1.82) is 0 Å². The van der Waals surface area contributed by atoms with Gasteiger partial charge in [-0.15, -0.1) is 0 Å². The first-order valence-electron chi connectivity index (χ1n) is 15.1. The van der Waals surface area contributed by atoms with Gasteiger partial charge in [0.25, 0.3) is 0 Å². The van der Waals surface area contributed by atoms with Crippen molar-refractivity contribution < 1.29 is 14.3 Å². The zero-order valence-electron chi connectivity index (χ0n) is 23.2. The Bertz CT molecular complexity index is 550. The van der Waals surface area contributed by atoms with Crippen LogP contribution in [0.3, 0.4) is 0 Å². The second-order valence-corrected chi connectivity index (χ2v) is 10.4. The molecule has 0 saturated heterocycles. The van der Waals surface area contributed by atoms with Crippen LogP contribution in [0.1, 0.15) is 155 Å². The highest BCUT2D eigenvalue weighted by Gasteiger charge is 2.22. The molecular weight excluding hydrogens is 436 g/mol. The lowest BCUT2D eigenvalue weighted by atomic mass is 10.0. The zero-order chi connectivity index (χ0) is 25.4. The molecule has 1 unspecified atom stereocenters. The molecule has 0 radical (unpaired) electrons. The van der Waals surface area contributed by atoms with Crippen LogP contribution in [-0.2, 0) is 14.3 Å². The summed E-state index contributed by atoms with van der Waals surface area (Å²) in [6.07, 6.45) is 28.4. The van der Waals surface area contributed by atoms with Crippen LogP contribution in [0.4, 0.5) is 0 Å². The van der Waals surface area contributed by atoms with Crippen LogP contribution in [0.25, 0.3) is 0 Å². The number of carbonyl (C=O) groups is 2. The maximum absolute atomic E-state index is 12.2. The van der Waals surface area contributed by atoms with Crippen molar-refractivity contribution in [2.24, 2.45) is 4.99 Å². The Labute approximate surface area is 216 Å². The fourth-order valence-corrected chi connectivity index (χ4v) is 4.85. The number of esters is 1. The fraction of sp³-hybridized carbons (Fsp3) is 0.900. The van der Waals surface area contributed by atoms with E-state index >= 15 is 0 Å². The molecule has 1 atom stereocenters. The van der Waals surface area contributed by atoms with Crippen LogP contribution in [0.5, 0.6) is 0 Å². The average molecular weight is 493 g/mol. The maximum Gasteiger partial charge on any atom is 0.307 e. The van der Waals surface area contributed by atoms with Gasteiger partial charge in [-0.1, -0.05) is 122 Å². The number of amides is 1. The van der Waals surface area contributed by atoms with E-state index in [4.69, 9.17) is 4.74 Å². The Kier molecular flexibility index (Phi) is 20.8. The van der Waals surface area contributed by atoms with Crippen molar-refractivity contribution in [2.75, 3.05) is 13.1 Å². The third-order valence-electron chi connectivity index (χ3n) is 7.13. The number of unbranched alkanes of at least 4 members (excludes halogenated alkanes) is 18. The maximum atomic E-state index is 12.2. The van der Waals surface area contributed by atoms with Gasteiger partial charge in [-0.05, 0) is 26.0 Å². The number of aliphatic imine (C=N–C) groups is 1. The largest absolute Gasteiger partial charge is 0.442 e. The van der Waals surface area contributed by atoms with Gasteiger partial charge in [0, 0.05) is 19.4 Å². The van der Waals surface area contributed by atoms with E-state index in [1.54, 1.807) is 11.8 Å². The first-order chi connectivity index (χ1) is 17.1. The van der Waals surface area contributed by atoms with Crippen LogP contribution >= 0.6 is 0 Å². The van der Waals surface area contributed by atoms with Crippen molar-refractivity contribution in [2.45, 2.75) is 161 Å². The van der Waals surface area contributed by atoms with E-state index in [0.717, 1.165) is 12.8 Å². The average Bonchev–Trinajstić information content (AvgIpc) is 2.83. The topological polar surface area (TPSA) is 59.0 Å². The summed E-state index contributed by atoms with van der Waals surface area (Å²) in [7, 11) is 0. The highest BCUT2D eigenvalue weighted by atomic mass is 16.6. The number of hydrogen-bond acceptors (Lipinski definition) is 4. The van der Waals surface area contributed by atoms with E-state index in [1.807, 2.05) is 6.21 Å². The van der Waals surface area contributed by atoms with Gasteiger partial charge in [-0.3, -0.25) is 14.6 Å². The molecule has 0 aromatic carbocycles. The molecule has 204 valence electrons. The molecule has 1 aliphatic rings. The number of rotatable bonds is 22. The molecule has 0 fully saturated rings. The highest BCUT2D eigenvalue weighted by Crippen LogP contribution is 2.15. The highest BCUT2D eigenvalue weighted by molar-refractivity contribution is 5.80. The Hall–Kier alpha value is -1.39. The molecule has 0 aliphatic carbocycles. The van der Waals surface area contributed by atoms with E-state index < -0.39 is 6.23 Å². The van der Waals surface area contributed by atoms with Crippen molar-refractivity contribution in [3.8, 4) is 0 Å². The van der Waals surface area contributed by atoms with Crippen molar-refractivity contribution in [3.63, 3.8) is 0 Å². The summed E-state index contributed by atoms with van der Waals surface area (Å²) in [5.41, 5.74) is 0. The Balaban J connectivity index is 1.84. The SMILES string of the molecule is CCCCCCCCCCCCCCCCCCCCCC(=O)OC(C)N1CCN=CCCC1=O.